The molecule has 6 heteroatoms. The van der Waals surface area contributed by atoms with Crippen LogP contribution in [0.2, 0.25) is 0 Å². The van der Waals surface area contributed by atoms with Gasteiger partial charge in [0.1, 0.15) is 18.3 Å². The van der Waals surface area contributed by atoms with Crippen molar-refractivity contribution in [2.45, 2.75) is 69.7 Å². The molecule has 2 fully saturated rings. The van der Waals surface area contributed by atoms with Crippen LogP contribution in [0.5, 0.6) is 0 Å². The van der Waals surface area contributed by atoms with Gasteiger partial charge in [0, 0.05) is 12.6 Å². The lowest BCUT2D eigenvalue weighted by molar-refractivity contribution is -0.236. The number of rotatable bonds is 12. The summed E-state index contributed by atoms with van der Waals surface area (Å²) in [7, 11) is 0. The number of β-amino-alcohol motifs (C(OH)–C–C–N with tert-alkyl or cyclic N) is 1. The van der Waals surface area contributed by atoms with E-state index >= 15 is 0 Å². The molecule has 2 saturated heterocycles. The average molecular weight is 518 g/mol. The lowest BCUT2D eigenvalue weighted by atomic mass is 9.92. The topological polar surface area (TPSA) is 60.4 Å². The summed E-state index contributed by atoms with van der Waals surface area (Å²) in [5, 5.41) is 9.85. The van der Waals surface area contributed by atoms with Crippen molar-refractivity contribution in [1.82, 2.24) is 4.90 Å². The number of fused-ring (bicyclic) bond motifs is 1. The number of likely N-dealkylation sites (tertiary alicyclic amines) is 1. The van der Waals surface area contributed by atoms with Crippen LogP contribution in [0.4, 0.5) is 0 Å². The van der Waals surface area contributed by atoms with Crippen molar-refractivity contribution < 1.29 is 24.1 Å². The number of hydrogen-bond donors (Lipinski definition) is 1. The Morgan fingerprint density at radius 2 is 1.29 bits per heavy atom. The minimum Gasteiger partial charge on any atom is -0.395 e. The average Bonchev–Trinajstić information content (AvgIpc) is 3.27. The first kappa shape index (κ1) is 27.0. The third kappa shape index (κ3) is 6.70. The number of nitrogens with zero attached hydrogens (tertiary/aromatic N) is 1. The molecule has 3 aromatic carbocycles. The highest BCUT2D eigenvalue weighted by Gasteiger charge is 2.54. The van der Waals surface area contributed by atoms with Crippen molar-refractivity contribution in [2.75, 3.05) is 19.8 Å². The molecule has 0 spiro atoms. The SMILES string of the molecule is CC1CC2OC(COCc3ccccc3)C(OCc3ccccc3)C(OCc3ccccc3)C2N1CCO. The van der Waals surface area contributed by atoms with Crippen LogP contribution >= 0.6 is 0 Å². The second-order valence-corrected chi connectivity index (χ2v) is 10.3. The third-order valence-electron chi connectivity index (χ3n) is 7.60. The fraction of sp³-hybridized carbons (Fsp3) is 0.438. The van der Waals surface area contributed by atoms with Gasteiger partial charge in [-0.05, 0) is 30.0 Å². The van der Waals surface area contributed by atoms with Crippen LogP contribution in [0, 0.1) is 0 Å². The van der Waals surface area contributed by atoms with E-state index in [9.17, 15) is 5.11 Å². The molecule has 0 bridgehead atoms. The summed E-state index contributed by atoms with van der Waals surface area (Å²) in [6.07, 6.45) is 0.0306. The maximum absolute atomic E-state index is 9.85. The second-order valence-electron chi connectivity index (χ2n) is 10.3. The Morgan fingerprint density at radius 1 is 0.763 bits per heavy atom. The van der Waals surface area contributed by atoms with Gasteiger partial charge < -0.3 is 24.1 Å². The van der Waals surface area contributed by atoms with Crippen LogP contribution in [0.15, 0.2) is 91.0 Å². The maximum Gasteiger partial charge on any atom is 0.114 e. The summed E-state index contributed by atoms with van der Waals surface area (Å²) < 4.78 is 26.3. The monoisotopic (exact) mass is 517 g/mol. The fourth-order valence-electron chi connectivity index (χ4n) is 5.78. The van der Waals surface area contributed by atoms with E-state index in [2.05, 4.69) is 48.2 Å². The molecule has 38 heavy (non-hydrogen) atoms. The Hall–Kier alpha value is -2.58. The zero-order valence-electron chi connectivity index (χ0n) is 22.1. The van der Waals surface area contributed by atoms with Crippen molar-refractivity contribution in [3.8, 4) is 0 Å². The summed E-state index contributed by atoms with van der Waals surface area (Å²) in [5.74, 6) is 0. The summed E-state index contributed by atoms with van der Waals surface area (Å²) in [5.41, 5.74) is 3.35. The number of ether oxygens (including phenoxy) is 4. The molecule has 6 nitrogen and oxygen atoms in total. The largest absolute Gasteiger partial charge is 0.395 e. The molecule has 3 aromatic rings. The van der Waals surface area contributed by atoms with Gasteiger partial charge in [0.25, 0.3) is 0 Å². The highest BCUT2D eigenvalue weighted by molar-refractivity contribution is 5.16. The molecule has 2 heterocycles. The van der Waals surface area contributed by atoms with E-state index in [-0.39, 0.29) is 43.1 Å². The number of benzene rings is 3. The number of hydrogen-bond acceptors (Lipinski definition) is 6. The number of aliphatic hydroxyl groups excluding tert-OH is 1. The number of aliphatic hydroxyl groups is 1. The first-order valence-corrected chi connectivity index (χ1v) is 13.7. The Balaban J connectivity index is 1.38. The van der Waals surface area contributed by atoms with Crippen LogP contribution in [-0.4, -0.2) is 66.3 Å². The highest BCUT2D eigenvalue weighted by atomic mass is 16.6. The molecule has 6 unspecified atom stereocenters. The van der Waals surface area contributed by atoms with Gasteiger partial charge in [0.2, 0.25) is 0 Å². The van der Waals surface area contributed by atoms with E-state index in [1.165, 1.54) is 0 Å². The van der Waals surface area contributed by atoms with Gasteiger partial charge >= 0.3 is 0 Å². The van der Waals surface area contributed by atoms with E-state index in [4.69, 9.17) is 18.9 Å². The van der Waals surface area contributed by atoms with Gasteiger partial charge in [-0.25, -0.2) is 0 Å². The Morgan fingerprint density at radius 3 is 1.84 bits per heavy atom. The van der Waals surface area contributed by atoms with Crippen LogP contribution in [0.3, 0.4) is 0 Å². The van der Waals surface area contributed by atoms with Crippen molar-refractivity contribution in [1.29, 1.82) is 0 Å². The second kappa shape index (κ2) is 13.5. The van der Waals surface area contributed by atoms with E-state index in [1.54, 1.807) is 0 Å². The molecular formula is C32H39NO5. The minimum absolute atomic E-state index is 0.00740. The standard InChI is InChI=1S/C32H39NO5/c1-24-19-28-30(33(24)17-18-34)32(37-22-27-15-9-4-10-16-27)31(36-21-26-13-7-3-8-14-26)29(38-28)23-35-20-25-11-5-2-6-12-25/h2-16,24,28-32,34H,17-23H2,1H3. The fourth-order valence-corrected chi connectivity index (χ4v) is 5.78. The van der Waals surface area contributed by atoms with Crippen LogP contribution in [0.25, 0.3) is 0 Å². The molecule has 5 rings (SSSR count). The molecule has 1 N–H and O–H groups in total. The molecule has 0 aliphatic carbocycles. The summed E-state index contributed by atoms with van der Waals surface area (Å²) >= 11 is 0. The minimum atomic E-state index is -0.331. The van der Waals surface area contributed by atoms with E-state index in [1.807, 2.05) is 54.6 Å². The molecule has 6 atom stereocenters. The van der Waals surface area contributed by atoms with Gasteiger partial charge in [0.15, 0.2) is 0 Å². The van der Waals surface area contributed by atoms with Crippen LogP contribution in [-0.2, 0) is 38.8 Å². The maximum atomic E-state index is 9.85. The van der Waals surface area contributed by atoms with E-state index in [0.717, 1.165) is 23.1 Å². The van der Waals surface area contributed by atoms with E-state index < -0.39 is 0 Å². The molecule has 0 saturated carbocycles. The summed E-state index contributed by atoms with van der Waals surface area (Å²) in [6, 6.07) is 30.9. The normalized spacial score (nSPS) is 27.3. The summed E-state index contributed by atoms with van der Waals surface area (Å²) in [6.45, 7) is 4.75. The van der Waals surface area contributed by atoms with Gasteiger partial charge in [-0.1, -0.05) is 91.0 Å². The zero-order chi connectivity index (χ0) is 26.2. The predicted octanol–water partition coefficient (Wildman–Crippen LogP) is 4.60. The molecule has 0 amide bonds. The van der Waals surface area contributed by atoms with E-state index in [0.29, 0.717) is 33.0 Å². The molecule has 0 aromatic heterocycles. The molecule has 0 radical (unpaired) electrons. The molecule has 202 valence electrons. The van der Waals surface area contributed by atoms with Gasteiger partial charge in [0.05, 0.1) is 45.2 Å². The lowest BCUT2D eigenvalue weighted by Gasteiger charge is -2.46. The van der Waals surface area contributed by atoms with Gasteiger partial charge in [-0.2, -0.15) is 0 Å². The van der Waals surface area contributed by atoms with Crippen LogP contribution < -0.4 is 0 Å². The molecule has 2 aliphatic rings. The lowest BCUT2D eigenvalue weighted by Crippen LogP contribution is -2.62. The first-order valence-electron chi connectivity index (χ1n) is 13.7. The smallest absolute Gasteiger partial charge is 0.114 e. The highest BCUT2D eigenvalue weighted by Crippen LogP contribution is 2.38. The molecular weight excluding hydrogens is 478 g/mol. The van der Waals surface area contributed by atoms with Crippen molar-refractivity contribution in [2.24, 2.45) is 0 Å². The first-order chi connectivity index (χ1) is 18.7. The van der Waals surface area contributed by atoms with Crippen molar-refractivity contribution >= 4 is 0 Å². The van der Waals surface area contributed by atoms with Crippen molar-refractivity contribution in [3.63, 3.8) is 0 Å². The van der Waals surface area contributed by atoms with Crippen molar-refractivity contribution in [3.05, 3.63) is 108 Å². The Kier molecular flexibility index (Phi) is 9.57. The quantitative estimate of drug-likeness (QED) is 0.379. The van der Waals surface area contributed by atoms with Crippen LogP contribution in [0.1, 0.15) is 30.0 Å². The zero-order valence-corrected chi connectivity index (χ0v) is 22.1. The Labute approximate surface area is 226 Å². The van der Waals surface area contributed by atoms with Gasteiger partial charge in [-0.15, -0.1) is 0 Å². The molecule has 2 aliphatic heterocycles. The third-order valence-corrected chi connectivity index (χ3v) is 7.60. The Bertz CT molecular complexity index is 1080. The predicted molar refractivity (Wildman–Crippen MR) is 146 cm³/mol. The summed E-state index contributed by atoms with van der Waals surface area (Å²) in [4.78, 5) is 2.33. The van der Waals surface area contributed by atoms with Gasteiger partial charge in [-0.3, -0.25) is 4.90 Å².